The number of aromatic nitrogens is 3. The van der Waals surface area contributed by atoms with Gasteiger partial charge in [-0.1, -0.05) is 11.8 Å². The lowest BCUT2D eigenvalue weighted by atomic mass is 10.2. The van der Waals surface area contributed by atoms with Crippen LogP contribution >= 0.6 is 11.8 Å². The monoisotopic (exact) mass is 361 g/mol. The van der Waals surface area contributed by atoms with Crippen molar-refractivity contribution < 1.29 is 9.21 Å². The van der Waals surface area contributed by atoms with E-state index in [9.17, 15) is 4.79 Å². The van der Waals surface area contributed by atoms with Gasteiger partial charge in [-0.15, -0.1) is 10.2 Å². The zero-order valence-corrected chi connectivity index (χ0v) is 15.2. The highest BCUT2D eigenvalue weighted by Crippen LogP contribution is 2.41. The number of carbonyl (C=O) groups is 1. The summed E-state index contributed by atoms with van der Waals surface area (Å²) in [6.45, 7) is 4.02. The quantitative estimate of drug-likeness (QED) is 0.764. The summed E-state index contributed by atoms with van der Waals surface area (Å²) in [6, 6.07) is 4.05. The lowest BCUT2D eigenvalue weighted by Crippen LogP contribution is -2.28. The van der Waals surface area contributed by atoms with Crippen LogP contribution in [0.25, 0.3) is 0 Å². The highest BCUT2D eigenvalue weighted by atomic mass is 32.2. The largest absolute Gasteiger partial charge is 0.467 e. The lowest BCUT2D eigenvalue weighted by molar-refractivity contribution is -0.119. The Kier molecular flexibility index (Phi) is 4.70. The fraction of sp³-hybridized carbons (Fsp3) is 0.588. The van der Waals surface area contributed by atoms with Crippen molar-refractivity contribution in [3.8, 4) is 0 Å². The summed E-state index contributed by atoms with van der Waals surface area (Å²) in [4.78, 5) is 14.6. The van der Waals surface area contributed by atoms with E-state index >= 15 is 0 Å². The van der Waals surface area contributed by atoms with Gasteiger partial charge in [0.1, 0.15) is 5.76 Å². The standard InChI is InChI=1S/C17H23N5O2S/c1-12(14-5-4-10-24-14)18-15(23)11-25-17-20-19-16(21-8-2-3-9-21)22(17)13-6-7-13/h4-5,10,12-13H,2-3,6-9,11H2,1H3,(H,18,23). The number of anilines is 1. The fourth-order valence-electron chi connectivity index (χ4n) is 3.17. The number of hydrogen-bond acceptors (Lipinski definition) is 6. The first-order valence-electron chi connectivity index (χ1n) is 8.88. The molecular weight excluding hydrogens is 338 g/mol. The molecule has 0 bridgehead atoms. The molecule has 134 valence electrons. The molecular formula is C17H23N5O2S. The van der Waals surface area contributed by atoms with E-state index in [1.54, 1.807) is 6.26 Å². The van der Waals surface area contributed by atoms with Crippen molar-refractivity contribution in [3.63, 3.8) is 0 Å². The lowest BCUT2D eigenvalue weighted by Gasteiger charge is -2.18. The number of rotatable bonds is 7. The number of nitrogens with zero attached hydrogens (tertiary/aromatic N) is 4. The van der Waals surface area contributed by atoms with Crippen molar-refractivity contribution in [1.82, 2.24) is 20.1 Å². The van der Waals surface area contributed by atoms with Crippen molar-refractivity contribution in [1.29, 1.82) is 0 Å². The summed E-state index contributed by atoms with van der Waals surface area (Å²) in [7, 11) is 0. The molecule has 2 aromatic rings. The third-order valence-corrected chi connectivity index (χ3v) is 5.57. The van der Waals surface area contributed by atoms with Crippen LogP contribution < -0.4 is 10.2 Å². The molecule has 0 spiro atoms. The van der Waals surface area contributed by atoms with E-state index in [4.69, 9.17) is 4.42 Å². The molecule has 1 unspecified atom stereocenters. The van der Waals surface area contributed by atoms with E-state index < -0.39 is 0 Å². The van der Waals surface area contributed by atoms with Gasteiger partial charge in [0.25, 0.3) is 0 Å². The highest BCUT2D eigenvalue weighted by Gasteiger charge is 2.32. The Morgan fingerprint density at radius 1 is 1.40 bits per heavy atom. The van der Waals surface area contributed by atoms with Gasteiger partial charge in [-0.2, -0.15) is 0 Å². The topological polar surface area (TPSA) is 76.2 Å². The number of hydrogen-bond donors (Lipinski definition) is 1. The van der Waals surface area contributed by atoms with E-state index in [2.05, 4.69) is 25.0 Å². The Morgan fingerprint density at radius 3 is 2.88 bits per heavy atom. The minimum Gasteiger partial charge on any atom is -0.467 e. The summed E-state index contributed by atoms with van der Waals surface area (Å²) >= 11 is 1.46. The molecule has 2 fully saturated rings. The molecule has 1 amide bonds. The van der Waals surface area contributed by atoms with Crippen LogP contribution in [0.3, 0.4) is 0 Å². The molecule has 0 aromatic carbocycles. The van der Waals surface area contributed by atoms with Crippen LogP contribution in [0.4, 0.5) is 5.95 Å². The van der Waals surface area contributed by atoms with Gasteiger partial charge in [-0.25, -0.2) is 0 Å². The van der Waals surface area contributed by atoms with E-state index in [1.807, 2.05) is 19.1 Å². The molecule has 7 nitrogen and oxygen atoms in total. The Morgan fingerprint density at radius 2 is 2.20 bits per heavy atom. The summed E-state index contributed by atoms with van der Waals surface area (Å²) in [5.41, 5.74) is 0. The van der Waals surface area contributed by atoms with Crippen LogP contribution in [0.2, 0.25) is 0 Å². The minimum absolute atomic E-state index is 0.0260. The van der Waals surface area contributed by atoms with Crippen molar-refractivity contribution in [2.24, 2.45) is 0 Å². The Bertz CT molecular complexity index is 719. The molecule has 3 heterocycles. The first kappa shape index (κ1) is 16.5. The van der Waals surface area contributed by atoms with Crippen LogP contribution in [0.15, 0.2) is 28.0 Å². The maximum absolute atomic E-state index is 12.2. The maximum Gasteiger partial charge on any atom is 0.231 e. The molecule has 1 aliphatic heterocycles. The third kappa shape index (κ3) is 3.68. The first-order chi connectivity index (χ1) is 12.2. The van der Waals surface area contributed by atoms with Gasteiger partial charge >= 0.3 is 0 Å². The third-order valence-electron chi connectivity index (χ3n) is 4.63. The van der Waals surface area contributed by atoms with E-state index in [0.717, 1.165) is 30.0 Å². The number of furan rings is 1. The first-order valence-corrected chi connectivity index (χ1v) is 9.86. The Labute approximate surface area is 151 Å². The van der Waals surface area contributed by atoms with Gasteiger partial charge in [0.15, 0.2) is 5.16 Å². The van der Waals surface area contributed by atoms with Crippen LogP contribution in [0, 0.1) is 0 Å². The van der Waals surface area contributed by atoms with Crippen LogP contribution in [-0.2, 0) is 4.79 Å². The number of nitrogens with one attached hydrogen (secondary N) is 1. The predicted molar refractivity (Wildman–Crippen MR) is 95.7 cm³/mol. The summed E-state index contributed by atoms with van der Waals surface area (Å²) < 4.78 is 7.56. The van der Waals surface area contributed by atoms with Gasteiger partial charge in [0.05, 0.1) is 18.1 Å². The number of thioether (sulfide) groups is 1. The molecule has 2 aromatic heterocycles. The molecule has 25 heavy (non-hydrogen) atoms. The van der Waals surface area contributed by atoms with Gasteiger partial charge in [0, 0.05) is 19.1 Å². The zero-order chi connectivity index (χ0) is 17.2. The molecule has 1 aliphatic carbocycles. The molecule has 1 saturated heterocycles. The molecule has 2 aliphatic rings. The summed E-state index contributed by atoms with van der Waals surface area (Å²) in [5, 5.41) is 12.6. The van der Waals surface area contributed by atoms with E-state index in [1.165, 1.54) is 37.4 Å². The Balaban J connectivity index is 1.38. The second kappa shape index (κ2) is 7.11. The smallest absolute Gasteiger partial charge is 0.231 e. The second-order valence-electron chi connectivity index (χ2n) is 6.67. The van der Waals surface area contributed by atoms with Crippen LogP contribution in [0.1, 0.15) is 50.5 Å². The number of amides is 1. The van der Waals surface area contributed by atoms with Gasteiger partial charge in [0.2, 0.25) is 11.9 Å². The average Bonchev–Trinajstić information content (AvgIpc) is 3.06. The van der Waals surface area contributed by atoms with E-state index in [-0.39, 0.29) is 11.9 Å². The van der Waals surface area contributed by atoms with Crippen molar-refractivity contribution >= 4 is 23.6 Å². The summed E-state index contributed by atoms with van der Waals surface area (Å²) in [6.07, 6.45) is 6.40. The molecule has 1 N–H and O–H groups in total. The van der Waals surface area contributed by atoms with Gasteiger partial charge in [-0.3, -0.25) is 9.36 Å². The molecule has 1 saturated carbocycles. The summed E-state index contributed by atoms with van der Waals surface area (Å²) in [5.74, 6) is 2.04. The minimum atomic E-state index is -0.135. The Hall–Kier alpha value is -1.96. The second-order valence-corrected chi connectivity index (χ2v) is 7.61. The highest BCUT2D eigenvalue weighted by molar-refractivity contribution is 7.99. The van der Waals surface area contributed by atoms with Gasteiger partial charge < -0.3 is 14.6 Å². The van der Waals surface area contributed by atoms with Crippen molar-refractivity contribution in [2.45, 2.75) is 49.8 Å². The molecule has 8 heteroatoms. The van der Waals surface area contributed by atoms with Crippen LogP contribution in [0.5, 0.6) is 0 Å². The SMILES string of the molecule is CC(NC(=O)CSc1nnc(N2CCCC2)n1C1CC1)c1ccco1. The molecule has 1 atom stereocenters. The van der Waals surface area contributed by atoms with Crippen molar-refractivity contribution in [2.75, 3.05) is 23.7 Å². The maximum atomic E-state index is 12.2. The average molecular weight is 361 g/mol. The normalized spacial score (nSPS) is 18.5. The van der Waals surface area contributed by atoms with Crippen LogP contribution in [-0.4, -0.2) is 39.5 Å². The zero-order valence-electron chi connectivity index (χ0n) is 14.4. The van der Waals surface area contributed by atoms with Crippen molar-refractivity contribution in [3.05, 3.63) is 24.2 Å². The predicted octanol–water partition coefficient (Wildman–Crippen LogP) is 2.78. The number of carbonyl (C=O) groups excluding carboxylic acids is 1. The van der Waals surface area contributed by atoms with E-state index in [0.29, 0.717) is 11.8 Å². The molecule has 4 rings (SSSR count). The molecule has 0 radical (unpaired) electrons. The fourth-order valence-corrected chi connectivity index (χ4v) is 3.99. The van der Waals surface area contributed by atoms with Gasteiger partial charge in [-0.05, 0) is 44.7 Å².